The predicted octanol–water partition coefficient (Wildman–Crippen LogP) is 5.05. The molecule has 2 aromatic rings. The third-order valence-electron chi connectivity index (χ3n) is 3.57. The van der Waals surface area contributed by atoms with E-state index in [0.29, 0.717) is 11.0 Å². The van der Waals surface area contributed by atoms with Crippen LogP contribution in [0.4, 0.5) is 10.1 Å². The molecule has 0 saturated carbocycles. The van der Waals surface area contributed by atoms with Gasteiger partial charge in [0.2, 0.25) is 0 Å². The van der Waals surface area contributed by atoms with E-state index < -0.39 is 8.07 Å². The zero-order valence-electron chi connectivity index (χ0n) is 12.9. The van der Waals surface area contributed by atoms with Crippen LogP contribution in [0.15, 0.2) is 40.9 Å². The van der Waals surface area contributed by atoms with E-state index in [9.17, 15) is 4.39 Å². The second-order valence-electron chi connectivity index (χ2n) is 6.38. The Morgan fingerprint density at radius 2 is 1.71 bits per heavy atom. The molecule has 0 spiro atoms. The van der Waals surface area contributed by atoms with Crippen molar-refractivity contribution in [2.75, 3.05) is 5.32 Å². The Balaban J connectivity index is 2.08. The lowest BCUT2D eigenvalue weighted by atomic mass is 10.1. The van der Waals surface area contributed by atoms with Gasteiger partial charge in [0.25, 0.3) is 0 Å². The zero-order chi connectivity index (χ0) is 15.6. The Labute approximate surface area is 135 Å². The standard InChI is InChI=1S/C17H21BrFNSi/c1-12-9-15(18)16(19)10-17(12)20-11-13-5-7-14(8-6-13)21(2,3)4/h5-10,20H,11H2,1-4H3. The lowest BCUT2D eigenvalue weighted by Crippen LogP contribution is -2.37. The Bertz CT molecular complexity index is 632. The fourth-order valence-corrected chi connectivity index (χ4v) is 3.78. The summed E-state index contributed by atoms with van der Waals surface area (Å²) in [5.41, 5.74) is 3.08. The third kappa shape index (κ3) is 4.17. The summed E-state index contributed by atoms with van der Waals surface area (Å²) in [6.45, 7) is 9.70. The second-order valence-corrected chi connectivity index (χ2v) is 12.3. The summed E-state index contributed by atoms with van der Waals surface area (Å²) in [5.74, 6) is -0.239. The summed E-state index contributed by atoms with van der Waals surface area (Å²) in [4.78, 5) is 0. The average molecular weight is 366 g/mol. The summed E-state index contributed by atoms with van der Waals surface area (Å²) < 4.78 is 14.1. The molecule has 1 N–H and O–H groups in total. The largest absolute Gasteiger partial charge is 0.381 e. The number of benzene rings is 2. The van der Waals surface area contributed by atoms with Crippen molar-refractivity contribution < 1.29 is 4.39 Å². The SMILES string of the molecule is Cc1cc(Br)c(F)cc1NCc1ccc([Si](C)(C)C)cc1. The second kappa shape index (κ2) is 6.32. The first-order chi connectivity index (χ1) is 9.77. The van der Waals surface area contributed by atoms with E-state index >= 15 is 0 Å². The summed E-state index contributed by atoms with van der Waals surface area (Å²) in [6, 6.07) is 12.1. The molecule has 0 aliphatic carbocycles. The number of hydrogen-bond acceptors (Lipinski definition) is 1. The quantitative estimate of drug-likeness (QED) is 0.747. The van der Waals surface area contributed by atoms with Crippen LogP contribution in [0.1, 0.15) is 11.1 Å². The van der Waals surface area contributed by atoms with Crippen LogP contribution in [0.5, 0.6) is 0 Å². The van der Waals surface area contributed by atoms with Crippen LogP contribution in [0.25, 0.3) is 0 Å². The van der Waals surface area contributed by atoms with Gasteiger partial charge in [-0.2, -0.15) is 0 Å². The molecule has 0 radical (unpaired) electrons. The lowest BCUT2D eigenvalue weighted by molar-refractivity contribution is 0.621. The molecule has 0 unspecified atom stereocenters. The molecule has 0 aromatic heterocycles. The minimum absolute atomic E-state index is 0.239. The van der Waals surface area contributed by atoms with E-state index in [1.807, 2.05) is 6.92 Å². The molecule has 0 heterocycles. The van der Waals surface area contributed by atoms with E-state index in [4.69, 9.17) is 0 Å². The number of halogens is 2. The molecule has 0 saturated heterocycles. The maximum absolute atomic E-state index is 13.6. The van der Waals surface area contributed by atoms with Crippen LogP contribution >= 0.6 is 15.9 Å². The normalized spacial score (nSPS) is 11.5. The Kier molecular flexibility index (Phi) is 4.89. The van der Waals surface area contributed by atoms with E-state index in [0.717, 1.165) is 11.3 Å². The van der Waals surface area contributed by atoms with Gasteiger partial charge >= 0.3 is 0 Å². The van der Waals surface area contributed by atoms with Crippen molar-refractivity contribution in [3.63, 3.8) is 0 Å². The van der Waals surface area contributed by atoms with Gasteiger partial charge in [0, 0.05) is 12.2 Å². The first-order valence-electron chi connectivity index (χ1n) is 7.06. The monoisotopic (exact) mass is 365 g/mol. The highest BCUT2D eigenvalue weighted by Crippen LogP contribution is 2.24. The topological polar surface area (TPSA) is 12.0 Å². The van der Waals surface area contributed by atoms with E-state index in [1.54, 1.807) is 6.07 Å². The van der Waals surface area contributed by atoms with Crippen molar-refractivity contribution in [3.05, 3.63) is 57.8 Å². The van der Waals surface area contributed by atoms with E-state index in [2.05, 4.69) is 65.2 Å². The van der Waals surface area contributed by atoms with Gasteiger partial charge < -0.3 is 5.32 Å². The lowest BCUT2D eigenvalue weighted by Gasteiger charge is -2.17. The van der Waals surface area contributed by atoms with Crippen LogP contribution in [0.2, 0.25) is 19.6 Å². The highest BCUT2D eigenvalue weighted by molar-refractivity contribution is 9.10. The number of rotatable bonds is 4. The van der Waals surface area contributed by atoms with Crippen LogP contribution in [-0.4, -0.2) is 8.07 Å². The molecule has 0 bridgehead atoms. The minimum Gasteiger partial charge on any atom is -0.381 e. The molecule has 0 amide bonds. The smallest absolute Gasteiger partial charge is 0.139 e. The molecule has 1 nitrogen and oxygen atoms in total. The summed E-state index contributed by atoms with van der Waals surface area (Å²) in [7, 11) is -1.24. The summed E-state index contributed by atoms with van der Waals surface area (Å²) in [5, 5.41) is 4.76. The van der Waals surface area contributed by atoms with Gasteiger partial charge in [-0.05, 0) is 46.1 Å². The predicted molar refractivity (Wildman–Crippen MR) is 95.6 cm³/mol. The highest BCUT2D eigenvalue weighted by atomic mass is 79.9. The van der Waals surface area contributed by atoms with Gasteiger partial charge in [-0.15, -0.1) is 0 Å². The summed E-state index contributed by atoms with van der Waals surface area (Å²) in [6.07, 6.45) is 0. The van der Waals surface area contributed by atoms with Gasteiger partial charge in [-0.3, -0.25) is 0 Å². The molecule has 112 valence electrons. The van der Waals surface area contributed by atoms with Crippen LogP contribution in [0.3, 0.4) is 0 Å². The van der Waals surface area contributed by atoms with Crippen molar-refractivity contribution in [1.82, 2.24) is 0 Å². The van der Waals surface area contributed by atoms with Gasteiger partial charge in [0.05, 0.1) is 12.5 Å². The Morgan fingerprint density at radius 3 is 2.29 bits per heavy atom. The number of nitrogens with one attached hydrogen (secondary N) is 1. The molecule has 2 rings (SSSR count). The fraction of sp³-hybridized carbons (Fsp3) is 0.294. The molecular weight excluding hydrogens is 345 g/mol. The van der Waals surface area contributed by atoms with Crippen molar-refractivity contribution in [2.45, 2.75) is 33.1 Å². The summed E-state index contributed by atoms with van der Waals surface area (Å²) >= 11 is 3.20. The molecule has 0 atom stereocenters. The van der Waals surface area contributed by atoms with Crippen LogP contribution < -0.4 is 10.5 Å². The molecule has 2 aromatic carbocycles. The fourth-order valence-electron chi connectivity index (χ4n) is 2.16. The molecule has 0 aliphatic heterocycles. The van der Waals surface area contributed by atoms with Crippen molar-refractivity contribution in [3.8, 4) is 0 Å². The number of aryl methyl sites for hydroxylation is 1. The Hall–Kier alpha value is -1.13. The maximum Gasteiger partial charge on any atom is 0.139 e. The zero-order valence-corrected chi connectivity index (χ0v) is 15.5. The third-order valence-corrected chi connectivity index (χ3v) is 6.24. The van der Waals surface area contributed by atoms with E-state index in [1.165, 1.54) is 16.8 Å². The van der Waals surface area contributed by atoms with Crippen LogP contribution in [-0.2, 0) is 6.54 Å². The average Bonchev–Trinajstić information content (AvgIpc) is 2.41. The van der Waals surface area contributed by atoms with Crippen molar-refractivity contribution in [2.24, 2.45) is 0 Å². The minimum atomic E-state index is -1.24. The molecular formula is C17H21BrFNSi. The first-order valence-corrected chi connectivity index (χ1v) is 11.4. The number of anilines is 1. The Morgan fingerprint density at radius 1 is 1.10 bits per heavy atom. The molecule has 21 heavy (non-hydrogen) atoms. The maximum atomic E-state index is 13.6. The van der Waals surface area contributed by atoms with Crippen molar-refractivity contribution in [1.29, 1.82) is 0 Å². The van der Waals surface area contributed by atoms with Crippen molar-refractivity contribution >= 4 is 34.9 Å². The molecule has 0 fully saturated rings. The molecule has 0 aliphatic rings. The van der Waals surface area contributed by atoms with Crippen LogP contribution in [0, 0.1) is 12.7 Å². The van der Waals surface area contributed by atoms with E-state index in [-0.39, 0.29) is 5.82 Å². The first kappa shape index (κ1) is 16.2. The number of hydrogen-bond donors (Lipinski definition) is 1. The van der Waals surface area contributed by atoms with Gasteiger partial charge in [0.15, 0.2) is 0 Å². The van der Waals surface area contributed by atoms with Gasteiger partial charge in [-0.25, -0.2) is 4.39 Å². The molecule has 4 heteroatoms. The highest BCUT2D eigenvalue weighted by Gasteiger charge is 2.15. The van der Waals surface area contributed by atoms with Gasteiger partial charge in [-0.1, -0.05) is 49.1 Å². The van der Waals surface area contributed by atoms with Gasteiger partial charge in [0.1, 0.15) is 5.82 Å².